The van der Waals surface area contributed by atoms with E-state index in [1.165, 1.54) is 0 Å². The molecule has 0 fully saturated rings. The van der Waals surface area contributed by atoms with E-state index in [1.54, 1.807) is 23.7 Å². The Morgan fingerprint density at radius 1 is 1.41 bits per heavy atom. The highest BCUT2D eigenvalue weighted by molar-refractivity contribution is 7.22. The van der Waals surface area contributed by atoms with Gasteiger partial charge < -0.3 is 16.0 Å². The Bertz CT molecular complexity index is 628. The van der Waals surface area contributed by atoms with E-state index in [1.807, 2.05) is 18.2 Å². The minimum Gasteiger partial charge on any atom is -0.399 e. The topological polar surface area (TPSA) is 79.6 Å². The maximum atomic E-state index is 5.73. The van der Waals surface area contributed by atoms with Gasteiger partial charge in [-0.1, -0.05) is 11.3 Å². The number of hydrogen-bond donors (Lipinski definition) is 3. The number of nitrogens with two attached hydrogens (primary N) is 1. The Morgan fingerprint density at radius 2 is 2.35 bits per heavy atom. The average Bonchev–Trinajstić information content (AvgIpc) is 2.94. The van der Waals surface area contributed by atoms with Crippen molar-refractivity contribution in [2.75, 3.05) is 11.1 Å². The Kier molecular flexibility index (Phi) is 2.41. The van der Waals surface area contributed by atoms with E-state index in [-0.39, 0.29) is 0 Å². The summed E-state index contributed by atoms with van der Waals surface area (Å²) < 4.78 is 1.09. The molecule has 0 aliphatic heterocycles. The zero-order valence-corrected chi connectivity index (χ0v) is 9.79. The van der Waals surface area contributed by atoms with Crippen molar-refractivity contribution in [1.29, 1.82) is 0 Å². The predicted molar refractivity (Wildman–Crippen MR) is 69.9 cm³/mol. The molecule has 6 heteroatoms. The summed E-state index contributed by atoms with van der Waals surface area (Å²) in [7, 11) is 0. The van der Waals surface area contributed by atoms with Crippen molar-refractivity contribution >= 4 is 32.4 Å². The van der Waals surface area contributed by atoms with Gasteiger partial charge in [0.1, 0.15) is 5.82 Å². The fourth-order valence-corrected chi connectivity index (χ4v) is 2.48. The molecule has 2 heterocycles. The molecule has 2 aromatic heterocycles. The number of nitrogens with zero attached hydrogens (tertiary/aromatic N) is 2. The van der Waals surface area contributed by atoms with Crippen molar-refractivity contribution in [3.05, 3.63) is 36.4 Å². The second-order valence-electron chi connectivity index (χ2n) is 3.64. The lowest BCUT2D eigenvalue weighted by molar-refractivity contribution is 0.997. The molecule has 17 heavy (non-hydrogen) atoms. The van der Waals surface area contributed by atoms with Gasteiger partial charge in [-0.25, -0.2) is 9.97 Å². The van der Waals surface area contributed by atoms with Gasteiger partial charge in [-0.05, 0) is 18.2 Å². The van der Waals surface area contributed by atoms with Gasteiger partial charge in [0.05, 0.1) is 16.8 Å². The van der Waals surface area contributed by atoms with Crippen molar-refractivity contribution in [2.45, 2.75) is 6.54 Å². The van der Waals surface area contributed by atoms with Crippen molar-refractivity contribution in [3.63, 3.8) is 0 Å². The average molecular weight is 245 g/mol. The molecule has 4 N–H and O–H groups in total. The number of hydrogen-bond acceptors (Lipinski definition) is 5. The molecule has 0 amide bonds. The third-order valence-corrected chi connectivity index (χ3v) is 3.35. The van der Waals surface area contributed by atoms with E-state index in [9.17, 15) is 0 Å². The lowest BCUT2D eigenvalue weighted by Gasteiger charge is -1.97. The van der Waals surface area contributed by atoms with Crippen molar-refractivity contribution in [3.8, 4) is 0 Å². The van der Waals surface area contributed by atoms with Crippen LogP contribution < -0.4 is 11.1 Å². The molecule has 0 spiro atoms. The number of nitrogen functional groups attached to an aromatic ring is 1. The Hall–Kier alpha value is -2.08. The number of benzene rings is 1. The molecule has 1 aromatic carbocycles. The summed E-state index contributed by atoms with van der Waals surface area (Å²) in [5.74, 6) is 0.892. The van der Waals surface area contributed by atoms with Crippen LogP contribution in [0.1, 0.15) is 5.82 Å². The monoisotopic (exact) mass is 245 g/mol. The Balaban J connectivity index is 1.81. The second-order valence-corrected chi connectivity index (χ2v) is 4.67. The number of fused-ring (bicyclic) bond motifs is 1. The molecular weight excluding hydrogens is 234 g/mol. The summed E-state index contributed by atoms with van der Waals surface area (Å²) in [4.78, 5) is 11.6. The van der Waals surface area contributed by atoms with Gasteiger partial charge in [-0.15, -0.1) is 0 Å². The van der Waals surface area contributed by atoms with E-state index in [4.69, 9.17) is 5.73 Å². The largest absolute Gasteiger partial charge is 0.399 e. The molecule has 3 rings (SSSR count). The lowest BCUT2D eigenvalue weighted by Crippen LogP contribution is -2.00. The van der Waals surface area contributed by atoms with Gasteiger partial charge >= 0.3 is 0 Å². The first-order valence-electron chi connectivity index (χ1n) is 5.19. The second kappa shape index (κ2) is 4.06. The molecular formula is C11H11N5S. The highest BCUT2D eigenvalue weighted by Crippen LogP contribution is 2.27. The number of nitrogens with one attached hydrogen (secondary N) is 2. The predicted octanol–water partition coefficient (Wildman–Crippen LogP) is 2.21. The fraction of sp³-hybridized carbons (Fsp3) is 0.0909. The molecule has 0 atom stereocenters. The molecule has 86 valence electrons. The standard InChI is InChI=1S/C11H11N5S/c12-7-1-2-8-9(5-7)17-11(16-8)15-6-10-13-3-4-14-10/h1-5H,6,12H2,(H,13,14)(H,15,16). The highest BCUT2D eigenvalue weighted by atomic mass is 32.1. The van der Waals surface area contributed by atoms with Gasteiger partial charge in [0.15, 0.2) is 5.13 Å². The molecule has 0 bridgehead atoms. The number of aromatic nitrogens is 3. The SMILES string of the molecule is Nc1ccc2nc(NCc3ncc[nH]3)sc2c1. The molecule has 0 aliphatic rings. The minimum atomic E-state index is 0.641. The van der Waals surface area contributed by atoms with Gasteiger partial charge in [0, 0.05) is 18.1 Å². The number of anilines is 2. The van der Waals surface area contributed by atoms with Crippen LogP contribution in [0.3, 0.4) is 0 Å². The maximum absolute atomic E-state index is 5.73. The Morgan fingerprint density at radius 3 is 3.18 bits per heavy atom. The summed E-state index contributed by atoms with van der Waals surface area (Å²) in [5.41, 5.74) is 7.45. The molecule has 0 saturated carbocycles. The smallest absolute Gasteiger partial charge is 0.184 e. The number of H-pyrrole nitrogens is 1. The summed E-state index contributed by atoms with van der Waals surface area (Å²) in [5, 5.41) is 4.11. The number of imidazole rings is 1. The highest BCUT2D eigenvalue weighted by Gasteiger charge is 2.04. The number of thiazole rings is 1. The zero-order chi connectivity index (χ0) is 11.7. The first-order chi connectivity index (χ1) is 8.31. The van der Waals surface area contributed by atoms with Crippen LogP contribution in [0.25, 0.3) is 10.2 Å². The van der Waals surface area contributed by atoms with Crippen molar-refractivity contribution in [1.82, 2.24) is 15.0 Å². The minimum absolute atomic E-state index is 0.641. The van der Waals surface area contributed by atoms with Crippen LogP contribution in [0, 0.1) is 0 Å². The quantitative estimate of drug-likeness (QED) is 0.618. The third-order valence-electron chi connectivity index (χ3n) is 2.37. The van der Waals surface area contributed by atoms with Gasteiger partial charge in [-0.3, -0.25) is 0 Å². The summed E-state index contributed by atoms with van der Waals surface area (Å²) in [6.45, 7) is 0.641. The number of aromatic amines is 1. The van der Waals surface area contributed by atoms with Crippen LogP contribution in [0.5, 0.6) is 0 Å². The molecule has 0 aliphatic carbocycles. The van der Waals surface area contributed by atoms with Crippen molar-refractivity contribution in [2.24, 2.45) is 0 Å². The van der Waals surface area contributed by atoms with Gasteiger partial charge in [-0.2, -0.15) is 0 Å². The summed E-state index contributed by atoms with van der Waals surface area (Å²) >= 11 is 1.59. The van der Waals surface area contributed by atoms with Crippen LogP contribution in [-0.4, -0.2) is 15.0 Å². The van der Waals surface area contributed by atoms with E-state index < -0.39 is 0 Å². The van der Waals surface area contributed by atoms with E-state index in [0.29, 0.717) is 6.54 Å². The molecule has 0 saturated heterocycles. The Labute approximate surface area is 102 Å². The molecule has 0 unspecified atom stereocenters. The van der Waals surface area contributed by atoms with Gasteiger partial charge in [0.25, 0.3) is 0 Å². The van der Waals surface area contributed by atoms with Gasteiger partial charge in [0.2, 0.25) is 0 Å². The third kappa shape index (κ3) is 2.07. The van der Waals surface area contributed by atoms with E-state index in [2.05, 4.69) is 20.3 Å². The maximum Gasteiger partial charge on any atom is 0.184 e. The van der Waals surface area contributed by atoms with Crippen LogP contribution in [0.4, 0.5) is 10.8 Å². The van der Waals surface area contributed by atoms with Crippen LogP contribution in [-0.2, 0) is 6.54 Å². The summed E-state index contributed by atoms with van der Waals surface area (Å²) in [6, 6.07) is 5.72. The number of rotatable bonds is 3. The zero-order valence-electron chi connectivity index (χ0n) is 8.97. The fourth-order valence-electron chi connectivity index (χ4n) is 1.57. The molecule has 5 nitrogen and oxygen atoms in total. The first-order valence-corrected chi connectivity index (χ1v) is 6.01. The van der Waals surface area contributed by atoms with E-state index >= 15 is 0 Å². The molecule has 3 aromatic rings. The molecule has 0 radical (unpaired) electrons. The first kappa shape index (κ1) is 10.1. The van der Waals surface area contributed by atoms with E-state index in [0.717, 1.165) is 26.9 Å². The van der Waals surface area contributed by atoms with Crippen LogP contribution in [0.2, 0.25) is 0 Å². The van der Waals surface area contributed by atoms with Crippen LogP contribution >= 0.6 is 11.3 Å². The lowest BCUT2D eigenvalue weighted by atomic mass is 10.3. The summed E-state index contributed by atoms with van der Waals surface area (Å²) in [6.07, 6.45) is 3.53. The van der Waals surface area contributed by atoms with Crippen LogP contribution in [0.15, 0.2) is 30.6 Å². The normalized spacial score (nSPS) is 10.8. The van der Waals surface area contributed by atoms with Crippen molar-refractivity contribution < 1.29 is 0 Å².